The first-order valence-corrected chi connectivity index (χ1v) is 3.50. The molecule has 0 aliphatic rings. The van der Waals surface area contributed by atoms with Crippen LogP contribution in [0.5, 0.6) is 0 Å². The van der Waals surface area contributed by atoms with Crippen LogP contribution in [0.2, 0.25) is 0 Å². The molecule has 4 nitrogen and oxygen atoms in total. The van der Waals surface area contributed by atoms with Crippen LogP contribution in [0.1, 0.15) is 10.4 Å². The molecule has 1 amide bonds. The van der Waals surface area contributed by atoms with Gasteiger partial charge in [0.05, 0.1) is 11.1 Å². The van der Waals surface area contributed by atoms with E-state index in [0.717, 1.165) is 5.52 Å². The Bertz CT molecular complexity index is 433. The van der Waals surface area contributed by atoms with E-state index in [0.29, 0.717) is 5.56 Å². The van der Waals surface area contributed by atoms with Gasteiger partial charge in [-0.15, -0.1) is 0 Å². The number of nitrogens with two attached hydrogens (primary N) is 1. The lowest BCUT2D eigenvalue weighted by molar-refractivity contribution is 0.1000. The van der Waals surface area contributed by atoms with E-state index in [2.05, 4.69) is 5.10 Å². The fraction of sp³-hybridized carbons (Fsp3) is 0. The van der Waals surface area contributed by atoms with E-state index in [-0.39, 0.29) is 0 Å². The van der Waals surface area contributed by atoms with Gasteiger partial charge in [0.2, 0.25) is 5.91 Å². The van der Waals surface area contributed by atoms with Gasteiger partial charge >= 0.3 is 0 Å². The summed E-state index contributed by atoms with van der Waals surface area (Å²) in [6.07, 6.45) is 3.28. The number of hydrogen-bond acceptors (Lipinski definition) is 2. The molecule has 12 heavy (non-hydrogen) atoms. The van der Waals surface area contributed by atoms with Crippen LogP contribution in [0.25, 0.3) is 5.52 Å². The largest absolute Gasteiger partial charge is 0.366 e. The number of pyridine rings is 1. The maximum atomic E-state index is 10.7. The zero-order valence-electron chi connectivity index (χ0n) is 6.27. The molecule has 2 aromatic rings. The van der Waals surface area contributed by atoms with Crippen molar-refractivity contribution in [2.24, 2.45) is 5.73 Å². The fourth-order valence-corrected chi connectivity index (χ4v) is 1.06. The molecule has 0 radical (unpaired) electrons. The molecule has 2 rings (SSSR count). The molecule has 4 heteroatoms. The molecule has 0 saturated heterocycles. The molecule has 0 aliphatic heterocycles. The van der Waals surface area contributed by atoms with Gasteiger partial charge in [-0.05, 0) is 18.2 Å². The highest BCUT2D eigenvalue weighted by molar-refractivity contribution is 5.92. The van der Waals surface area contributed by atoms with Crippen molar-refractivity contribution in [3.05, 3.63) is 36.2 Å². The van der Waals surface area contributed by atoms with Crippen molar-refractivity contribution in [1.82, 2.24) is 9.61 Å². The summed E-state index contributed by atoms with van der Waals surface area (Å²) in [6, 6.07) is 5.33. The Morgan fingerprint density at radius 2 is 2.25 bits per heavy atom. The summed E-state index contributed by atoms with van der Waals surface area (Å²) in [5.74, 6) is -0.438. The third kappa shape index (κ3) is 0.934. The fourth-order valence-electron chi connectivity index (χ4n) is 1.06. The minimum atomic E-state index is -0.438. The summed E-state index contributed by atoms with van der Waals surface area (Å²) in [6.45, 7) is 0. The second-order valence-electron chi connectivity index (χ2n) is 2.48. The van der Waals surface area contributed by atoms with Crippen molar-refractivity contribution in [3.8, 4) is 0 Å². The number of aromatic nitrogens is 2. The van der Waals surface area contributed by atoms with Crippen molar-refractivity contribution >= 4 is 11.4 Å². The predicted molar refractivity (Wildman–Crippen MR) is 43.7 cm³/mol. The van der Waals surface area contributed by atoms with Crippen molar-refractivity contribution in [2.45, 2.75) is 0 Å². The molecule has 0 unspecified atom stereocenters. The van der Waals surface area contributed by atoms with Crippen molar-refractivity contribution < 1.29 is 4.79 Å². The summed E-state index contributed by atoms with van der Waals surface area (Å²) < 4.78 is 1.61. The molecule has 0 fully saturated rings. The molecule has 0 saturated carbocycles. The molecule has 0 aliphatic carbocycles. The molecule has 2 heterocycles. The number of carbonyl (C=O) groups excluding carboxylic acids is 1. The number of amides is 1. The van der Waals surface area contributed by atoms with Crippen molar-refractivity contribution in [1.29, 1.82) is 0 Å². The van der Waals surface area contributed by atoms with Gasteiger partial charge in [-0.25, -0.2) is 4.52 Å². The molecule has 0 atom stereocenters. The molecule has 2 N–H and O–H groups in total. The van der Waals surface area contributed by atoms with E-state index in [9.17, 15) is 4.79 Å². The van der Waals surface area contributed by atoms with E-state index in [4.69, 9.17) is 5.73 Å². The number of rotatable bonds is 1. The summed E-state index contributed by atoms with van der Waals surface area (Å²) in [4.78, 5) is 10.7. The number of carbonyl (C=O) groups is 1. The van der Waals surface area contributed by atoms with Gasteiger partial charge in [0.1, 0.15) is 0 Å². The highest BCUT2D eigenvalue weighted by Crippen LogP contribution is 2.04. The zero-order chi connectivity index (χ0) is 8.55. The van der Waals surface area contributed by atoms with E-state index in [1.165, 1.54) is 0 Å². The van der Waals surface area contributed by atoms with Crippen LogP contribution in [0, 0.1) is 0 Å². The summed E-state index contributed by atoms with van der Waals surface area (Å²) in [5.41, 5.74) is 6.50. The summed E-state index contributed by atoms with van der Waals surface area (Å²) in [7, 11) is 0. The molecule has 2 aromatic heterocycles. The zero-order valence-corrected chi connectivity index (χ0v) is 6.27. The first-order chi connectivity index (χ1) is 5.77. The summed E-state index contributed by atoms with van der Waals surface area (Å²) >= 11 is 0. The maximum absolute atomic E-state index is 10.7. The highest BCUT2D eigenvalue weighted by Gasteiger charge is 2.00. The predicted octanol–water partition coefficient (Wildman–Crippen LogP) is 0.433. The average Bonchev–Trinajstić information content (AvgIpc) is 2.49. The minimum Gasteiger partial charge on any atom is -0.366 e. The normalized spacial score (nSPS) is 10.3. The van der Waals surface area contributed by atoms with E-state index >= 15 is 0 Å². The number of nitrogens with zero attached hydrogens (tertiary/aromatic N) is 2. The number of hydrogen-bond donors (Lipinski definition) is 1. The van der Waals surface area contributed by atoms with Crippen LogP contribution in [0.4, 0.5) is 0 Å². The molecule has 0 spiro atoms. The Morgan fingerprint density at radius 1 is 1.42 bits per heavy atom. The van der Waals surface area contributed by atoms with Gasteiger partial charge in [0.15, 0.2) is 0 Å². The molecular formula is C8H7N3O. The van der Waals surface area contributed by atoms with Gasteiger partial charge in [-0.2, -0.15) is 5.10 Å². The smallest absolute Gasteiger partial charge is 0.250 e. The van der Waals surface area contributed by atoms with Crippen LogP contribution in [-0.4, -0.2) is 15.5 Å². The molecule has 60 valence electrons. The SMILES string of the molecule is NC(=O)c1ccc2ccnn2c1. The Kier molecular flexibility index (Phi) is 1.33. The van der Waals surface area contributed by atoms with Gasteiger partial charge in [0, 0.05) is 12.4 Å². The van der Waals surface area contributed by atoms with Crippen LogP contribution in [-0.2, 0) is 0 Å². The van der Waals surface area contributed by atoms with E-state index in [1.54, 1.807) is 29.0 Å². The van der Waals surface area contributed by atoms with Crippen LogP contribution >= 0.6 is 0 Å². The Balaban J connectivity index is 2.68. The maximum Gasteiger partial charge on any atom is 0.250 e. The van der Waals surface area contributed by atoms with Gasteiger partial charge in [-0.1, -0.05) is 0 Å². The lowest BCUT2D eigenvalue weighted by Crippen LogP contribution is -2.11. The van der Waals surface area contributed by atoms with Crippen LogP contribution in [0.15, 0.2) is 30.6 Å². The second-order valence-corrected chi connectivity index (χ2v) is 2.48. The van der Waals surface area contributed by atoms with Crippen LogP contribution in [0.3, 0.4) is 0 Å². The number of primary amides is 1. The highest BCUT2D eigenvalue weighted by atomic mass is 16.1. The Hall–Kier alpha value is -1.84. The molecule has 0 aromatic carbocycles. The van der Waals surface area contributed by atoms with Gasteiger partial charge in [-0.3, -0.25) is 4.79 Å². The second kappa shape index (κ2) is 2.34. The van der Waals surface area contributed by atoms with Gasteiger partial charge in [0.25, 0.3) is 0 Å². The monoisotopic (exact) mass is 161 g/mol. The first kappa shape index (κ1) is 6.84. The van der Waals surface area contributed by atoms with E-state index < -0.39 is 5.91 Å². The average molecular weight is 161 g/mol. The Morgan fingerprint density at radius 3 is 3.00 bits per heavy atom. The topological polar surface area (TPSA) is 60.4 Å². The number of fused-ring (bicyclic) bond motifs is 1. The lowest BCUT2D eigenvalue weighted by Gasteiger charge is -1.95. The third-order valence-corrected chi connectivity index (χ3v) is 1.68. The van der Waals surface area contributed by atoms with Gasteiger partial charge < -0.3 is 5.73 Å². The quantitative estimate of drug-likeness (QED) is 0.659. The first-order valence-electron chi connectivity index (χ1n) is 3.50. The van der Waals surface area contributed by atoms with Crippen molar-refractivity contribution in [3.63, 3.8) is 0 Å². The molecular weight excluding hydrogens is 154 g/mol. The summed E-state index contributed by atoms with van der Waals surface area (Å²) in [5, 5.41) is 3.97. The van der Waals surface area contributed by atoms with Crippen molar-refractivity contribution in [2.75, 3.05) is 0 Å². The third-order valence-electron chi connectivity index (χ3n) is 1.68. The lowest BCUT2D eigenvalue weighted by atomic mass is 10.2. The molecule has 0 bridgehead atoms. The minimum absolute atomic E-state index is 0.438. The Labute approximate surface area is 68.6 Å². The standard InChI is InChI=1S/C8H7N3O/c9-8(12)6-1-2-7-3-4-10-11(7)5-6/h1-5H,(H2,9,12). The van der Waals surface area contributed by atoms with E-state index in [1.807, 2.05) is 6.07 Å². The van der Waals surface area contributed by atoms with Crippen LogP contribution < -0.4 is 5.73 Å².